The molecule has 2 aliphatic rings. The number of hydrogen-bond acceptors (Lipinski definition) is 3. The molecule has 0 aromatic heterocycles. The van der Waals surface area contributed by atoms with E-state index in [1.807, 2.05) is 11.8 Å². The summed E-state index contributed by atoms with van der Waals surface area (Å²) in [6, 6.07) is 3.18. The maximum atomic E-state index is 3.79. The molecule has 0 radical (unpaired) electrons. The third-order valence-corrected chi connectivity index (χ3v) is 4.87. The van der Waals surface area contributed by atoms with Gasteiger partial charge in [0.1, 0.15) is 0 Å². The molecular weight excluding hydrogens is 204 g/mol. The van der Waals surface area contributed by atoms with E-state index in [-0.39, 0.29) is 0 Å². The van der Waals surface area contributed by atoms with Crippen LogP contribution in [0, 0.1) is 0 Å². The van der Waals surface area contributed by atoms with Gasteiger partial charge in [0.2, 0.25) is 0 Å². The van der Waals surface area contributed by atoms with Gasteiger partial charge in [0.25, 0.3) is 0 Å². The number of rotatable bonds is 4. The summed E-state index contributed by atoms with van der Waals surface area (Å²) in [5.41, 5.74) is 0. The second-order valence-electron chi connectivity index (χ2n) is 5.24. The van der Waals surface area contributed by atoms with E-state index < -0.39 is 0 Å². The first-order chi connectivity index (χ1) is 7.20. The van der Waals surface area contributed by atoms with Crippen molar-refractivity contribution in [1.82, 2.24) is 10.2 Å². The van der Waals surface area contributed by atoms with E-state index in [9.17, 15) is 0 Å². The number of nitrogens with one attached hydrogen (secondary N) is 1. The van der Waals surface area contributed by atoms with Crippen molar-refractivity contribution in [2.24, 2.45) is 0 Å². The third-order valence-electron chi connectivity index (χ3n) is 4.04. The Labute approximate surface area is 98.2 Å². The quantitative estimate of drug-likeness (QED) is 0.792. The number of thioether (sulfide) groups is 1. The average molecular weight is 228 g/mol. The topological polar surface area (TPSA) is 15.3 Å². The van der Waals surface area contributed by atoms with Crippen molar-refractivity contribution in [3.05, 3.63) is 0 Å². The minimum Gasteiger partial charge on any atom is -0.311 e. The Kier molecular flexibility index (Phi) is 3.97. The zero-order valence-electron chi connectivity index (χ0n) is 10.2. The van der Waals surface area contributed by atoms with Crippen LogP contribution in [0.3, 0.4) is 0 Å². The van der Waals surface area contributed by atoms with E-state index in [1.54, 1.807) is 0 Å². The Bertz CT molecular complexity index is 196. The molecule has 2 heterocycles. The first-order valence-corrected chi connectivity index (χ1v) is 7.57. The van der Waals surface area contributed by atoms with Gasteiger partial charge >= 0.3 is 0 Å². The molecule has 15 heavy (non-hydrogen) atoms. The number of hydrogen-bond donors (Lipinski definition) is 1. The predicted octanol–water partition coefficient (Wildman–Crippen LogP) is 1.95. The molecule has 1 N–H and O–H groups in total. The molecule has 2 aliphatic heterocycles. The molecule has 0 saturated carbocycles. The molecule has 2 rings (SSSR count). The van der Waals surface area contributed by atoms with E-state index in [2.05, 4.69) is 30.4 Å². The molecule has 88 valence electrons. The zero-order chi connectivity index (χ0) is 10.8. The van der Waals surface area contributed by atoms with Gasteiger partial charge in [0.15, 0.2) is 0 Å². The van der Waals surface area contributed by atoms with Crippen LogP contribution in [0.25, 0.3) is 0 Å². The van der Waals surface area contributed by atoms with Crippen LogP contribution in [-0.4, -0.2) is 48.1 Å². The zero-order valence-corrected chi connectivity index (χ0v) is 11.0. The SMILES string of the molecule is CSCC(C)NC1CC2CCC(C1)N2C. The van der Waals surface area contributed by atoms with Crippen molar-refractivity contribution in [2.45, 2.75) is 56.8 Å². The summed E-state index contributed by atoms with van der Waals surface area (Å²) in [6.45, 7) is 2.32. The Morgan fingerprint density at radius 2 is 1.93 bits per heavy atom. The van der Waals surface area contributed by atoms with Crippen molar-refractivity contribution < 1.29 is 0 Å². The summed E-state index contributed by atoms with van der Waals surface area (Å²) in [5, 5.41) is 3.79. The van der Waals surface area contributed by atoms with Crippen molar-refractivity contribution in [1.29, 1.82) is 0 Å². The Morgan fingerprint density at radius 1 is 1.33 bits per heavy atom. The number of piperidine rings is 1. The highest BCUT2D eigenvalue weighted by Crippen LogP contribution is 2.34. The smallest absolute Gasteiger partial charge is 0.0132 e. The lowest BCUT2D eigenvalue weighted by Gasteiger charge is -2.37. The minimum atomic E-state index is 0.674. The van der Waals surface area contributed by atoms with Gasteiger partial charge in [0.05, 0.1) is 0 Å². The molecule has 0 amide bonds. The van der Waals surface area contributed by atoms with E-state index in [0.29, 0.717) is 6.04 Å². The Balaban J connectivity index is 1.81. The van der Waals surface area contributed by atoms with Crippen LogP contribution in [0.15, 0.2) is 0 Å². The van der Waals surface area contributed by atoms with Crippen LogP contribution in [0.2, 0.25) is 0 Å². The Hall–Kier alpha value is 0.270. The normalized spacial score (nSPS) is 38.2. The summed E-state index contributed by atoms with van der Waals surface area (Å²) in [6.07, 6.45) is 7.78. The second kappa shape index (κ2) is 5.07. The van der Waals surface area contributed by atoms with Crippen LogP contribution >= 0.6 is 11.8 Å². The van der Waals surface area contributed by atoms with Crippen molar-refractivity contribution in [3.63, 3.8) is 0 Å². The summed E-state index contributed by atoms with van der Waals surface area (Å²) < 4.78 is 0. The Morgan fingerprint density at radius 3 is 2.47 bits per heavy atom. The van der Waals surface area contributed by atoms with Crippen LogP contribution in [0.4, 0.5) is 0 Å². The van der Waals surface area contributed by atoms with Crippen molar-refractivity contribution in [2.75, 3.05) is 19.1 Å². The van der Waals surface area contributed by atoms with Gasteiger partial charge in [0, 0.05) is 29.9 Å². The molecule has 3 heteroatoms. The molecular formula is C12H24N2S. The molecule has 2 saturated heterocycles. The maximum Gasteiger partial charge on any atom is 0.0132 e. The lowest BCUT2D eigenvalue weighted by Crippen LogP contribution is -2.49. The van der Waals surface area contributed by atoms with Gasteiger partial charge in [-0.25, -0.2) is 0 Å². The lowest BCUT2D eigenvalue weighted by molar-refractivity contribution is 0.145. The van der Waals surface area contributed by atoms with Crippen LogP contribution in [-0.2, 0) is 0 Å². The van der Waals surface area contributed by atoms with Crippen LogP contribution in [0.1, 0.15) is 32.6 Å². The van der Waals surface area contributed by atoms with Gasteiger partial charge in [-0.05, 0) is 45.9 Å². The minimum absolute atomic E-state index is 0.674. The molecule has 3 unspecified atom stereocenters. The van der Waals surface area contributed by atoms with Gasteiger partial charge < -0.3 is 10.2 Å². The van der Waals surface area contributed by atoms with Gasteiger partial charge in [-0.2, -0.15) is 11.8 Å². The fourth-order valence-electron chi connectivity index (χ4n) is 3.25. The molecule has 0 spiro atoms. The number of fused-ring (bicyclic) bond motifs is 2. The third kappa shape index (κ3) is 2.69. The summed E-state index contributed by atoms with van der Waals surface area (Å²) in [5.74, 6) is 1.24. The summed E-state index contributed by atoms with van der Waals surface area (Å²) in [4.78, 5) is 2.61. The standard InChI is InChI=1S/C12H24N2S/c1-9(8-15-3)13-10-6-11-4-5-12(7-10)14(11)2/h9-13H,4-8H2,1-3H3. The number of nitrogens with zero attached hydrogens (tertiary/aromatic N) is 1. The van der Waals surface area contributed by atoms with Gasteiger partial charge in [-0.1, -0.05) is 0 Å². The van der Waals surface area contributed by atoms with Crippen molar-refractivity contribution >= 4 is 11.8 Å². The molecule has 0 aliphatic carbocycles. The van der Waals surface area contributed by atoms with Crippen molar-refractivity contribution in [3.8, 4) is 0 Å². The first-order valence-electron chi connectivity index (χ1n) is 6.17. The maximum absolute atomic E-state index is 3.79. The fourth-order valence-corrected chi connectivity index (χ4v) is 3.84. The fraction of sp³-hybridized carbons (Fsp3) is 1.00. The van der Waals surface area contributed by atoms with E-state index in [4.69, 9.17) is 0 Å². The summed E-state index contributed by atoms with van der Waals surface area (Å²) in [7, 11) is 2.31. The molecule has 0 aromatic carbocycles. The molecule has 2 bridgehead atoms. The second-order valence-corrected chi connectivity index (χ2v) is 6.15. The molecule has 3 atom stereocenters. The van der Waals surface area contributed by atoms with E-state index in [0.717, 1.165) is 18.1 Å². The largest absolute Gasteiger partial charge is 0.311 e. The predicted molar refractivity (Wildman–Crippen MR) is 68.6 cm³/mol. The highest BCUT2D eigenvalue weighted by Gasteiger charge is 2.38. The highest BCUT2D eigenvalue weighted by molar-refractivity contribution is 7.98. The van der Waals surface area contributed by atoms with Crippen LogP contribution < -0.4 is 5.32 Å². The van der Waals surface area contributed by atoms with E-state index in [1.165, 1.54) is 31.4 Å². The average Bonchev–Trinajstić information content (AvgIpc) is 2.43. The first kappa shape index (κ1) is 11.7. The van der Waals surface area contributed by atoms with Gasteiger partial charge in [-0.3, -0.25) is 0 Å². The lowest BCUT2D eigenvalue weighted by atomic mass is 9.97. The molecule has 2 fully saturated rings. The molecule has 2 nitrogen and oxygen atoms in total. The summed E-state index contributed by atoms with van der Waals surface area (Å²) >= 11 is 1.94. The van der Waals surface area contributed by atoms with Gasteiger partial charge in [-0.15, -0.1) is 0 Å². The monoisotopic (exact) mass is 228 g/mol. The molecule has 0 aromatic rings. The van der Waals surface area contributed by atoms with E-state index >= 15 is 0 Å². The highest BCUT2D eigenvalue weighted by atomic mass is 32.2. The van der Waals surface area contributed by atoms with Crippen LogP contribution in [0.5, 0.6) is 0 Å².